The van der Waals surface area contributed by atoms with Crippen molar-refractivity contribution in [3.63, 3.8) is 0 Å². The lowest BCUT2D eigenvalue weighted by Crippen LogP contribution is -2.10. The van der Waals surface area contributed by atoms with E-state index in [2.05, 4.69) is 228 Å². The van der Waals surface area contributed by atoms with E-state index in [0.717, 1.165) is 17.1 Å². The Morgan fingerprint density at radius 2 is 0.932 bits per heavy atom. The first kappa shape index (κ1) is 33.7. The zero-order valence-corrected chi connectivity index (χ0v) is 32.9. The Hall–Kier alpha value is -7.46. The Morgan fingerprint density at radius 1 is 0.356 bits per heavy atom. The van der Waals surface area contributed by atoms with Crippen LogP contribution in [0.1, 0.15) is 0 Å². The monoisotopic (exact) mass is 768 g/mol. The highest BCUT2D eigenvalue weighted by Crippen LogP contribution is 2.46. The largest absolute Gasteiger partial charge is 0.309 e. The number of para-hydroxylation sites is 1. The van der Waals surface area contributed by atoms with E-state index in [9.17, 15) is 0 Å². The van der Waals surface area contributed by atoms with E-state index in [4.69, 9.17) is 0 Å². The highest BCUT2D eigenvalue weighted by Gasteiger charge is 2.20. The molecular formula is C56H36N2S. The standard InChI is InChI=1S/C56H36N2S/c1-2-14-44(15-3-1)58-53-36-43(28-33-48(53)50-34-27-40-12-6-7-16-47(40)55(50)58)39-25-31-46(32-26-39)57(52-19-10-18-51-49-17-8-9-20-54(49)59-56(51)52)45-29-23-38(24-30-45)42-22-21-37-11-4-5-13-41(37)35-42/h1-36H. The Balaban J connectivity index is 0.991. The summed E-state index contributed by atoms with van der Waals surface area (Å²) in [7, 11) is 0. The summed E-state index contributed by atoms with van der Waals surface area (Å²) in [6.07, 6.45) is 0. The maximum Gasteiger partial charge on any atom is 0.0640 e. The molecule has 0 aliphatic rings. The van der Waals surface area contributed by atoms with Crippen molar-refractivity contribution in [1.82, 2.24) is 4.57 Å². The predicted molar refractivity (Wildman–Crippen MR) is 254 cm³/mol. The van der Waals surface area contributed by atoms with Crippen molar-refractivity contribution in [3.8, 4) is 27.9 Å². The van der Waals surface area contributed by atoms with Crippen molar-refractivity contribution in [2.45, 2.75) is 0 Å². The van der Waals surface area contributed by atoms with Crippen molar-refractivity contribution >= 4 is 91.9 Å². The van der Waals surface area contributed by atoms with Crippen LogP contribution in [0, 0.1) is 0 Å². The van der Waals surface area contributed by atoms with E-state index in [0.29, 0.717) is 0 Å². The predicted octanol–water partition coefficient (Wildman–Crippen LogP) is 16.3. The zero-order valence-electron chi connectivity index (χ0n) is 32.1. The zero-order chi connectivity index (χ0) is 38.9. The summed E-state index contributed by atoms with van der Waals surface area (Å²) in [5.74, 6) is 0. The normalized spacial score (nSPS) is 11.7. The number of fused-ring (bicyclic) bond motifs is 9. The molecular weight excluding hydrogens is 733 g/mol. The summed E-state index contributed by atoms with van der Waals surface area (Å²) in [6.45, 7) is 0. The molecule has 3 heteroatoms. The quantitative estimate of drug-likeness (QED) is 0.164. The van der Waals surface area contributed by atoms with Gasteiger partial charge in [-0.2, -0.15) is 0 Å². The van der Waals surface area contributed by atoms with Gasteiger partial charge in [0.2, 0.25) is 0 Å². The molecule has 10 aromatic carbocycles. The number of benzene rings is 10. The smallest absolute Gasteiger partial charge is 0.0640 e. The fourth-order valence-electron chi connectivity index (χ4n) is 9.11. The van der Waals surface area contributed by atoms with Crippen molar-refractivity contribution in [3.05, 3.63) is 218 Å². The summed E-state index contributed by atoms with van der Waals surface area (Å²) in [6, 6.07) is 79.9. The van der Waals surface area contributed by atoms with Gasteiger partial charge >= 0.3 is 0 Å². The third kappa shape index (κ3) is 5.55. The van der Waals surface area contributed by atoms with Crippen LogP contribution < -0.4 is 4.90 Å². The first-order valence-electron chi connectivity index (χ1n) is 20.2. The molecule has 12 aromatic rings. The van der Waals surface area contributed by atoms with Gasteiger partial charge in [0.15, 0.2) is 0 Å². The average molecular weight is 769 g/mol. The maximum atomic E-state index is 2.44. The van der Waals surface area contributed by atoms with Gasteiger partial charge in [0, 0.05) is 48.7 Å². The van der Waals surface area contributed by atoms with Gasteiger partial charge in [-0.25, -0.2) is 0 Å². The van der Waals surface area contributed by atoms with Gasteiger partial charge in [-0.3, -0.25) is 0 Å². The van der Waals surface area contributed by atoms with Gasteiger partial charge in [-0.1, -0.05) is 158 Å². The minimum atomic E-state index is 1.11. The number of anilines is 3. The van der Waals surface area contributed by atoms with Crippen LogP contribution in [0.5, 0.6) is 0 Å². The van der Waals surface area contributed by atoms with Crippen LogP contribution in [-0.4, -0.2) is 4.57 Å². The summed E-state index contributed by atoms with van der Waals surface area (Å²) in [5, 5.41) is 10.1. The molecule has 0 aliphatic heterocycles. The van der Waals surface area contributed by atoms with Crippen LogP contribution in [0.25, 0.3) is 91.5 Å². The van der Waals surface area contributed by atoms with E-state index in [1.165, 1.54) is 91.5 Å². The third-order valence-electron chi connectivity index (χ3n) is 12.0. The second-order valence-corrected chi connectivity index (χ2v) is 16.4. The second kappa shape index (κ2) is 13.6. The fraction of sp³-hybridized carbons (Fsp3) is 0. The third-order valence-corrected chi connectivity index (χ3v) is 13.2. The number of nitrogens with zero attached hydrogens (tertiary/aromatic N) is 2. The second-order valence-electron chi connectivity index (χ2n) is 15.3. The first-order chi connectivity index (χ1) is 29.2. The first-order valence-corrected chi connectivity index (χ1v) is 21.0. The van der Waals surface area contributed by atoms with Crippen LogP contribution in [-0.2, 0) is 0 Å². The summed E-state index contributed by atoms with van der Waals surface area (Å²) in [4.78, 5) is 2.42. The Morgan fingerprint density at radius 3 is 1.71 bits per heavy atom. The Labute approximate surface area is 346 Å². The van der Waals surface area contributed by atoms with Crippen molar-refractivity contribution in [1.29, 1.82) is 0 Å². The number of hydrogen-bond acceptors (Lipinski definition) is 2. The lowest BCUT2D eigenvalue weighted by Gasteiger charge is -2.26. The average Bonchev–Trinajstić information content (AvgIpc) is 3.86. The van der Waals surface area contributed by atoms with Gasteiger partial charge in [0.05, 0.1) is 21.4 Å². The molecule has 2 nitrogen and oxygen atoms in total. The molecule has 2 aromatic heterocycles. The molecule has 2 heterocycles. The number of aromatic nitrogens is 1. The van der Waals surface area contributed by atoms with Crippen LogP contribution >= 0.6 is 11.3 Å². The van der Waals surface area contributed by atoms with Gasteiger partial charge in [0.1, 0.15) is 0 Å². The van der Waals surface area contributed by atoms with Crippen LogP contribution in [0.3, 0.4) is 0 Å². The SMILES string of the molecule is c1ccc(-n2c3cc(-c4ccc(N(c5ccc(-c6ccc7ccccc7c6)cc5)c5cccc6c5sc5ccccc56)cc4)ccc3c3ccc4ccccc4c32)cc1. The molecule has 0 fully saturated rings. The molecule has 0 amide bonds. The fourth-order valence-corrected chi connectivity index (χ4v) is 10.3. The molecule has 0 saturated heterocycles. The number of hydrogen-bond donors (Lipinski definition) is 0. The Kier molecular flexibility index (Phi) is 7.75. The van der Waals surface area contributed by atoms with Crippen LogP contribution in [0.2, 0.25) is 0 Å². The van der Waals surface area contributed by atoms with Crippen molar-refractivity contribution < 1.29 is 0 Å². The van der Waals surface area contributed by atoms with E-state index in [1.54, 1.807) is 0 Å². The molecule has 0 radical (unpaired) electrons. The maximum absolute atomic E-state index is 2.44. The van der Waals surface area contributed by atoms with Crippen molar-refractivity contribution in [2.24, 2.45) is 0 Å². The molecule has 0 aliphatic carbocycles. The van der Waals surface area contributed by atoms with E-state index in [-0.39, 0.29) is 0 Å². The highest BCUT2D eigenvalue weighted by molar-refractivity contribution is 7.26. The number of thiophene rings is 1. The van der Waals surface area contributed by atoms with Gasteiger partial charge in [0.25, 0.3) is 0 Å². The minimum absolute atomic E-state index is 1.11. The molecule has 276 valence electrons. The molecule has 0 spiro atoms. The van der Waals surface area contributed by atoms with Gasteiger partial charge in [-0.15, -0.1) is 11.3 Å². The lowest BCUT2D eigenvalue weighted by atomic mass is 10.0. The van der Waals surface area contributed by atoms with Crippen LogP contribution in [0.4, 0.5) is 17.1 Å². The topological polar surface area (TPSA) is 8.17 Å². The van der Waals surface area contributed by atoms with Crippen LogP contribution in [0.15, 0.2) is 218 Å². The van der Waals surface area contributed by atoms with E-state index in [1.807, 2.05) is 11.3 Å². The van der Waals surface area contributed by atoms with Gasteiger partial charge in [-0.05, 0) is 99.1 Å². The summed E-state index contributed by atoms with van der Waals surface area (Å²) < 4.78 is 5.02. The molecule has 0 atom stereocenters. The molecule has 0 saturated carbocycles. The minimum Gasteiger partial charge on any atom is -0.309 e. The molecule has 12 rings (SSSR count). The summed E-state index contributed by atoms with van der Waals surface area (Å²) >= 11 is 1.87. The lowest BCUT2D eigenvalue weighted by molar-refractivity contribution is 1.19. The molecule has 0 unspecified atom stereocenters. The summed E-state index contributed by atoms with van der Waals surface area (Å²) in [5.41, 5.74) is 11.8. The van der Waals surface area contributed by atoms with E-state index < -0.39 is 0 Å². The van der Waals surface area contributed by atoms with Gasteiger partial charge < -0.3 is 9.47 Å². The molecule has 0 N–H and O–H groups in total. The molecule has 59 heavy (non-hydrogen) atoms. The molecule has 0 bridgehead atoms. The number of rotatable bonds is 6. The van der Waals surface area contributed by atoms with Crippen molar-refractivity contribution in [2.75, 3.05) is 4.90 Å². The highest BCUT2D eigenvalue weighted by atomic mass is 32.1. The van der Waals surface area contributed by atoms with E-state index >= 15 is 0 Å². The Bertz CT molecular complexity index is 3540.